The molecule has 0 bridgehead atoms. The molecule has 6 rings (SSSR count). The van der Waals surface area contributed by atoms with Gasteiger partial charge in [-0.2, -0.15) is 5.10 Å². The van der Waals surface area contributed by atoms with Gasteiger partial charge in [0.25, 0.3) is 5.56 Å². The highest BCUT2D eigenvalue weighted by Crippen LogP contribution is 2.36. The number of aromatic amines is 2. The summed E-state index contributed by atoms with van der Waals surface area (Å²) in [6.45, 7) is 3.82. The SMILES string of the molecule is Cc1ccc(-c2nc3[nH]c(=O)cc(NC(C)c4ccccn4)c3nc2-c2cc(Cl)c3[nH]ncc3c2)o1. The molecule has 0 fully saturated rings. The molecule has 0 aliphatic heterocycles. The summed E-state index contributed by atoms with van der Waals surface area (Å²) in [4.78, 5) is 29.6. The molecule has 1 atom stereocenters. The predicted molar refractivity (Wildman–Crippen MR) is 139 cm³/mol. The highest BCUT2D eigenvalue weighted by atomic mass is 35.5. The number of hydrogen-bond acceptors (Lipinski definition) is 7. The summed E-state index contributed by atoms with van der Waals surface area (Å²) >= 11 is 6.55. The molecule has 0 saturated carbocycles. The molecule has 3 N–H and O–H groups in total. The van der Waals surface area contributed by atoms with E-state index in [1.165, 1.54) is 6.07 Å². The molecule has 1 aromatic carbocycles. The average molecular weight is 498 g/mol. The summed E-state index contributed by atoms with van der Waals surface area (Å²) < 4.78 is 5.90. The fourth-order valence-corrected chi connectivity index (χ4v) is 4.47. The molecule has 0 radical (unpaired) electrons. The van der Waals surface area contributed by atoms with Crippen molar-refractivity contribution in [3.05, 3.63) is 87.8 Å². The Bertz CT molecular complexity index is 1790. The van der Waals surface area contributed by atoms with Gasteiger partial charge < -0.3 is 14.7 Å². The third kappa shape index (κ3) is 3.89. The minimum absolute atomic E-state index is 0.175. The number of nitrogens with zero attached hydrogens (tertiary/aromatic N) is 4. The summed E-state index contributed by atoms with van der Waals surface area (Å²) in [6.07, 6.45) is 3.43. The molecule has 9 nitrogen and oxygen atoms in total. The van der Waals surface area contributed by atoms with Crippen LogP contribution in [0.5, 0.6) is 0 Å². The molecule has 6 aromatic rings. The van der Waals surface area contributed by atoms with Crippen molar-refractivity contribution in [1.29, 1.82) is 0 Å². The van der Waals surface area contributed by atoms with Crippen LogP contribution in [-0.4, -0.2) is 30.1 Å². The number of aromatic nitrogens is 6. The van der Waals surface area contributed by atoms with E-state index in [1.807, 2.05) is 56.3 Å². The Kier molecular flexibility index (Phi) is 5.26. The van der Waals surface area contributed by atoms with Gasteiger partial charge in [0, 0.05) is 23.2 Å². The van der Waals surface area contributed by atoms with Crippen LogP contribution in [0, 0.1) is 6.92 Å². The van der Waals surface area contributed by atoms with Crippen LogP contribution in [0.4, 0.5) is 5.69 Å². The standard InChI is InChI=1S/C26H20ClN7O2/c1-13-6-7-20(36-13)25-23(15-9-16-12-29-34-22(16)17(27)10-15)32-24-19(11-21(35)31-26(24)33-25)30-14(2)18-5-3-4-8-28-18/h3-12,14H,1-2H3,(H,29,34)(H2,30,31,33,35). The minimum Gasteiger partial charge on any atom is -0.460 e. The maximum Gasteiger partial charge on any atom is 0.251 e. The number of nitrogens with one attached hydrogen (secondary N) is 3. The molecule has 10 heteroatoms. The first-order valence-electron chi connectivity index (χ1n) is 11.3. The van der Waals surface area contributed by atoms with Crippen LogP contribution in [-0.2, 0) is 0 Å². The lowest BCUT2D eigenvalue weighted by atomic mass is 10.1. The van der Waals surface area contributed by atoms with E-state index in [4.69, 9.17) is 26.0 Å². The molecule has 36 heavy (non-hydrogen) atoms. The van der Waals surface area contributed by atoms with E-state index in [-0.39, 0.29) is 11.6 Å². The van der Waals surface area contributed by atoms with Gasteiger partial charge in [-0.3, -0.25) is 14.9 Å². The number of aryl methyl sites for hydroxylation is 1. The Labute approximate surface area is 209 Å². The number of hydrogen-bond donors (Lipinski definition) is 3. The van der Waals surface area contributed by atoms with E-state index in [9.17, 15) is 4.79 Å². The zero-order valence-electron chi connectivity index (χ0n) is 19.3. The second-order valence-corrected chi connectivity index (χ2v) is 8.90. The maximum absolute atomic E-state index is 12.6. The van der Waals surface area contributed by atoms with E-state index >= 15 is 0 Å². The monoisotopic (exact) mass is 497 g/mol. The van der Waals surface area contributed by atoms with Crippen LogP contribution in [0.3, 0.4) is 0 Å². The topological polar surface area (TPSA) is 125 Å². The first-order chi connectivity index (χ1) is 17.5. The van der Waals surface area contributed by atoms with Gasteiger partial charge in [0.05, 0.1) is 34.2 Å². The number of rotatable bonds is 5. The summed E-state index contributed by atoms with van der Waals surface area (Å²) in [5.74, 6) is 1.26. The number of anilines is 1. The normalized spacial score (nSPS) is 12.3. The van der Waals surface area contributed by atoms with Crippen molar-refractivity contribution in [3.63, 3.8) is 0 Å². The van der Waals surface area contributed by atoms with Gasteiger partial charge in [-0.15, -0.1) is 0 Å². The second kappa shape index (κ2) is 8.62. The van der Waals surface area contributed by atoms with Crippen molar-refractivity contribution in [2.75, 3.05) is 5.32 Å². The van der Waals surface area contributed by atoms with Crippen LogP contribution in [0.15, 0.2) is 70.1 Å². The molecular formula is C26H20ClN7O2. The first-order valence-corrected chi connectivity index (χ1v) is 11.7. The van der Waals surface area contributed by atoms with Crippen LogP contribution < -0.4 is 10.9 Å². The molecule has 0 saturated heterocycles. The summed E-state index contributed by atoms with van der Waals surface area (Å²) in [7, 11) is 0. The predicted octanol–water partition coefficient (Wildman–Crippen LogP) is 5.65. The highest BCUT2D eigenvalue weighted by molar-refractivity contribution is 6.35. The number of benzene rings is 1. The minimum atomic E-state index is -0.301. The van der Waals surface area contributed by atoms with Crippen LogP contribution in [0.2, 0.25) is 5.02 Å². The first kappa shape index (κ1) is 22.0. The molecule has 0 spiro atoms. The maximum atomic E-state index is 12.6. The average Bonchev–Trinajstić information content (AvgIpc) is 3.53. The highest BCUT2D eigenvalue weighted by Gasteiger charge is 2.20. The van der Waals surface area contributed by atoms with Crippen LogP contribution in [0.25, 0.3) is 44.8 Å². The van der Waals surface area contributed by atoms with E-state index in [0.29, 0.717) is 39.0 Å². The van der Waals surface area contributed by atoms with Crippen molar-refractivity contribution in [2.24, 2.45) is 0 Å². The van der Waals surface area contributed by atoms with Crippen molar-refractivity contribution < 1.29 is 4.42 Å². The zero-order valence-corrected chi connectivity index (χ0v) is 20.1. The van der Waals surface area contributed by atoms with Gasteiger partial charge in [-0.05, 0) is 50.2 Å². The number of fused-ring (bicyclic) bond motifs is 2. The van der Waals surface area contributed by atoms with Gasteiger partial charge in [0.1, 0.15) is 22.7 Å². The molecule has 1 unspecified atom stereocenters. The fraction of sp³-hybridized carbons (Fsp3) is 0.115. The third-order valence-electron chi connectivity index (χ3n) is 5.92. The summed E-state index contributed by atoms with van der Waals surface area (Å²) in [5, 5.41) is 11.7. The van der Waals surface area contributed by atoms with Gasteiger partial charge in [0.2, 0.25) is 0 Å². The Morgan fingerprint density at radius 2 is 1.97 bits per heavy atom. The van der Waals surface area contributed by atoms with Gasteiger partial charge in [-0.25, -0.2) is 9.97 Å². The number of H-pyrrole nitrogens is 2. The lowest BCUT2D eigenvalue weighted by Crippen LogP contribution is -2.14. The van der Waals surface area contributed by atoms with Crippen LogP contribution >= 0.6 is 11.6 Å². The van der Waals surface area contributed by atoms with Crippen molar-refractivity contribution in [3.8, 4) is 22.7 Å². The summed E-state index contributed by atoms with van der Waals surface area (Å²) in [5.41, 5.74) is 4.43. The number of furan rings is 1. The largest absolute Gasteiger partial charge is 0.460 e. The Morgan fingerprint density at radius 3 is 2.75 bits per heavy atom. The summed E-state index contributed by atoms with van der Waals surface area (Å²) in [6, 6.07) is 14.4. The van der Waals surface area contributed by atoms with E-state index in [0.717, 1.165) is 27.9 Å². The molecule has 0 amide bonds. The van der Waals surface area contributed by atoms with E-state index in [1.54, 1.807) is 12.4 Å². The van der Waals surface area contributed by atoms with E-state index < -0.39 is 0 Å². The zero-order chi connectivity index (χ0) is 24.8. The number of pyridine rings is 2. The Balaban J connectivity index is 1.58. The van der Waals surface area contributed by atoms with Crippen molar-refractivity contribution >= 4 is 39.4 Å². The molecule has 5 heterocycles. The van der Waals surface area contributed by atoms with Crippen molar-refractivity contribution in [2.45, 2.75) is 19.9 Å². The van der Waals surface area contributed by atoms with Gasteiger partial charge >= 0.3 is 0 Å². The fourth-order valence-electron chi connectivity index (χ4n) is 4.20. The number of halogens is 1. The molecule has 0 aliphatic carbocycles. The molecule has 5 aromatic heterocycles. The second-order valence-electron chi connectivity index (χ2n) is 8.49. The lowest BCUT2D eigenvalue weighted by molar-refractivity contribution is 0.546. The van der Waals surface area contributed by atoms with Crippen LogP contribution in [0.1, 0.15) is 24.4 Å². The smallest absolute Gasteiger partial charge is 0.251 e. The molecule has 0 aliphatic rings. The third-order valence-corrected chi connectivity index (χ3v) is 6.22. The van der Waals surface area contributed by atoms with Gasteiger partial charge in [0.15, 0.2) is 11.4 Å². The van der Waals surface area contributed by atoms with Gasteiger partial charge in [-0.1, -0.05) is 17.7 Å². The molecular weight excluding hydrogens is 478 g/mol. The Hall–Kier alpha value is -4.50. The quantitative estimate of drug-likeness (QED) is 0.281. The Morgan fingerprint density at radius 1 is 1.08 bits per heavy atom. The lowest BCUT2D eigenvalue weighted by Gasteiger charge is -2.17. The van der Waals surface area contributed by atoms with E-state index in [2.05, 4.69) is 25.5 Å². The van der Waals surface area contributed by atoms with Crippen molar-refractivity contribution in [1.82, 2.24) is 30.1 Å². The molecule has 178 valence electrons.